The summed E-state index contributed by atoms with van der Waals surface area (Å²) < 4.78 is 5.45. The smallest absolute Gasteiger partial charge is 0.456 e. The quantitative estimate of drug-likeness (QED) is 0.567. The zero-order valence-corrected chi connectivity index (χ0v) is 9.67. The number of ether oxygens (including phenoxy) is 1. The summed E-state index contributed by atoms with van der Waals surface area (Å²) in [6, 6.07) is 3.02. The van der Waals surface area contributed by atoms with E-state index >= 15 is 0 Å². The Balaban J connectivity index is 2.75. The molecule has 2 N–H and O–H groups in total. The van der Waals surface area contributed by atoms with Gasteiger partial charge in [0.25, 0.3) is 0 Å². The molecular formula is C9H13BO4S. The lowest BCUT2D eigenvalue weighted by molar-refractivity contribution is 0.00752. The Bertz CT molecular complexity index is 353. The van der Waals surface area contributed by atoms with Gasteiger partial charge in [-0.1, -0.05) is 6.07 Å². The van der Waals surface area contributed by atoms with Gasteiger partial charge in [0, 0.05) is 4.78 Å². The highest BCUT2D eigenvalue weighted by molar-refractivity contribution is 7.23. The second-order valence-electron chi connectivity index (χ2n) is 4.08. The number of carbonyl (C=O) groups excluding carboxylic acids is 1. The summed E-state index contributed by atoms with van der Waals surface area (Å²) in [5, 5.41) is 17.7. The maximum atomic E-state index is 11.5. The van der Waals surface area contributed by atoms with Crippen molar-refractivity contribution >= 4 is 29.2 Å². The number of hydrogen-bond donors (Lipinski definition) is 2. The van der Waals surface area contributed by atoms with Crippen molar-refractivity contribution in [2.75, 3.05) is 0 Å². The minimum absolute atomic E-state index is 0.329. The molecule has 0 radical (unpaired) electrons. The highest BCUT2D eigenvalue weighted by Crippen LogP contribution is 2.14. The van der Waals surface area contributed by atoms with Crippen molar-refractivity contribution in [3.8, 4) is 0 Å². The number of hydrogen-bond acceptors (Lipinski definition) is 5. The minimum atomic E-state index is -1.54. The van der Waals surface area contributed by atoms with Crippen LogP contribution in [0.4, 0.5) is 0 Å². The second-order valence-corrected chi connectivity index (χ2v) is 5.19. The van der Waals surface area contributed by atoms with E-state index in [9.17, 15) is 4.79 Å². The van der Waals surface area contributed by atoms with Crippen LogP contribution in [0.25, 0.3) is 0 Å². The molecule has 0 atom stereocenters. The summed E-state index contributed by atoms with van der Waals surface area (Å²) in [5.74, 6) is -0.445. The highest BCUT2D eigenvalue weighted by atomic mass is 32.1. The molecule has 0 saturated heterocycles. The Hall–Kier alpha value is -0.845. The molecule has 1 aromatic rings. The molecule has 1 heterocycles. The van der Waals surface area contributed by atoms with Gasteiger partial charge >= 0.3 is 13.1 Å². The van der Waals surface area contributed by atoms with Crippen LogP contribution in [0.3, 0.4) is 0 Å². The van der Waals surface area contributed by atoms with E-state index in [1.54, 1.807) is 20.8 Å². The zero-order chi connectivity index (χ0) is 11.6. The van der Waals surface area contributed by atoms with Gasteiger partial charge in [-0.2, -0.15) is 0 Å². The molecule has 1 rings (SSSR count). The van der Waals surface area contributed by atoms with Crippen LogP contribution in [0.5, 0.6) is 0 Å². The number of rotatable bonds is 2. The summed E-state index contributed by atoms with van der Waals surface area (Å²) in [5.41, 5.74) is -0.543. The molecule has 0 aliphatic heterocycles. The fourth-order valence-electron chi connectivity index (χ4n) is 0.930. The molecule has 0 spiro atoms. The predicted molar refractivity (Wildman–Crippen MR) is 59.3 cm³/mol. The third-order valence-electron chi connectivity index (χ3n) is 1.48. The molecule has 0 aliphatic carbocycles. The van der Waals surface area contributed by atoms with Crippen molar-refractivity contribution in [2.24, 2.45) is 0 Å². The lowest BCUT2D eigenvalue weighted by Gasteiger charge is -2.18. The Morgan fingerprint density at radius 3 is 2.40 bits per heavy atom. The summed E-state index contributed by atoms with van der Waals surface area (Å²) in [6.45, 7) is 5.33. The molecule has 0 aromatic carbocycles. The predicted octanol–water partition coefficient (Wildman–Crippen LogP) is 0.383. The van der Waals surface area contributed by atoms with Crippen molar-refractivity contribution < 1.29 is 19.6 Å². The standard InChI is InChI=1S/C9H13BO4S/c1-9(2,3)14-8(11)6-4-5-7(15-6)10(12)13/h4-5,12-13H,1-3H3. The first-order chi connectivity index (χ1) is 6.79. The van der Waals surface area contributed by atoms with E-state index in [-0.39, 0.29) is 0 Å². The second kappa shape index (κ2) is 4.34. The Kier molecular flexibility index (Phi) is 3.54. The van der Waals surface area contributed by atoms with Crippen LogP contribution >= 0.6 is 11.3 Å². The largest absolute Gasteiger partial charge is 0.499 e. The molecule has 0 unspecified atom stereocenters. The lowest BCUT2D eigenvalue weighted by atomic mass is 9.90. The highest BCUT2D eigenvalue weighted by Gasteiger charge is 2.21. The molecule has 0 saturated carbocycles. The average molecular weight is 228 g/mol. The Morgan fingerprint density at radius 2 is 2.00 bits per heavy atom. The van der Waals surface area contributed by atoms with Gasteiger partial charge in [-0.15, -0.1) is 11.3 Å². The average Bonchev–Trinajstić information content (AvgIpc) is 2.47. The van der Waals surface area contributed by atoms with E-state index in [0.717, 1.165) is 11.3 Å². The van der Waals surface area contributed by atoms with Crippen molar-refractivity contribution in [3.05, 3.63) is 17.0 Å². The van der Waals surface area contributed by atoms with Crippen molar-refractivity contribution in [1.29, 1.82) is 0 Å². The van der Waals surface area contributed by atoms with Crippen molar-refractivity contribution in [2.45, 2.75) is 26.4 Å². The topological polar surface area (TPSA) is 66.8 Å². The molecule has 6 heteroatoms. The Labute approximate surface area is 92.7 Å². The maximum Gasteiger partial charge on any atom is 0.499 e. The molecule has 4 nitrogen and oxygen atoms in total. The number of thiophene rings is 1. The van der Waals surface area contributed by atoms with E-state index < -0.39 is 18.7 Å². The van der Waals surface area contributed by atoms with Gasteiger partial charge < -0.3 is 14.8 Å². The van der Waals surface area contributed by atoms with Crippen LogP contribution in [-0.2, 0) is 4.74 Å². The molecule has 15 heavy (non-hydrogen) atoms. The molecule has 0 amide bonds. The zero-order valence-electron chi connectivity index (χ0n) is 8.85. The van der Waals surface area contributed by atoms with Gasteiger partial charge in [-0.25, -0.2) is 4.79 Å². The lowest BCUT2D eigenvalue weighted by Crippen LogP contribution is -2.26. The molecule has 82 valence electrons. The van der Waals surface area contributed by atoms with E-state index in [0.29, 0.717) is 9.65 Å². The third-order valence-corrected chi connectivity index (χ3v) is 2.59. The summed E-state index contributed by atoms with van der Waals surface area (Å²) in [6.07, 6.45) is 0. The number of esters is 1. The molecule has 0 fully saturated rings. The molecular weight excluding hydrogens is 215 g/mol. The van der Waals surface area contributed by atoms with Gasteiger partial charge in [0.05, 0.1) is 0 Å². The van der Waals surface area contributed by atoms with E-state index in [1.165, 1.54) is 12.1 Å². The first-order valence-corrected chi connectivity index (χ1v) is 5.30. The summed E-state index contributed by atoms with van der Waals surface area (Å²) >= 11 is 1.02. The molecule has 1 aromatic heterocycles. The van der Waals surface area contributed by atoms with Gasteiger partial charge in [-0.05, 0) is 26.8 Å². The van der Waals surface area contributed by atoms with Gasteiger partial charge in [0.15, 0.2) is 0 Å². The van der Waals surface area contributed by atoms with Gasteiger partial charge in [-0.3, -0.25) is 0 Å². The van der Waals surface area contributed by atoms with Crippen LogP contribution in [0.1, 0.15) is 30.4 Å². The van der Waals surface area contributed by atoms with Crippen LogP contribution in [0.2, 0.25) is 0 Å². The molecule has 0 bridgehead atoms. The van der Waals surface area contributed by atoms with E-state index in [1.807, 2.05) is 0 Å². The monoisotopic (exact) mass is 228 g/mol. The van der Waals surface area contributed by atoms with Crippen LogP contribution in [0.15, 0.2) is 12.1 Å². The fourth-order valence-corrected chi connectivity index (χ4v) is 1.69. The normalized spacial score (nSPS) is 11.3. The maximum absolute atomic E-state index is 11.5. The Morgan fingerprint density at radius 1 is 1.40 bits per heavy atom. The summed E-state index contributed by atoms with van der Waals surface area (Å²) in [7, 11) is -1.54. The van der Waals surface area contributed by atoms with Gasteiger partial charge in [0.2, 0.25) is 0 Å². The third kappa shape index (κ3) is 3.66. The van der Waals surface area contributed by atoms with Crippen molar-refractivity contribution in [3.63, 3.8) is 0 Å². The van der Waals surface area contributed by atoms with Gasteiger partial charge in [0.1, 0.15) is 10.5 Å². The first-order valence-electron chi connectivity index (χ1n) is 4.49. The number of carbonyl (C=O) groups is 1. The minimum Gasteiger partial charge on any atom is -0.456 e. The van der Waals surface area contributed by atoms with Crippen LogP contribution in [-0.4, -0.2) is 28.7 Å². The first kappa shape index (κ1) is 12.2. The SMILES string of the molecule is CC(C)(C)OC(=O)c1ccc(B(O)O)s1. The van der Waals surface area contributed by atoms with Crippen LogP contribution < -0.4 is 4.78 Å². The molecule has 0 aliphatic rings. The van der Waals surface area contributed by atoms with Crippen molar-refractivity contribution in [1.82, 2.24) is 0 Å². The van der Waals surface area contributed by atoms with E-state index in [2.05, 4.69) is 0 Å². The van der Waals surface area contributed by atoms with E-state index in [4.69, 9.17) is 14.8 Å². The van der Waals surface area contributed by atoms with Crippen LogP contribution in [0, 0.1) is 0 Å². The fraction of sp³-hybridized carbons (Fsp3) is 0.444. The summed E-state index contributed by atoms with van der Waals surface area (Å²) in [4.78, 5) is 11.9.